The quantitative estimate of drug-likeness (QED) is 0.490. The second-order valence-electron chi connectivity index (χ2n) is 4.96. The van der Waals surface area contributed by atoms with Crippen LogP contribution in [0.15, 0.2) is 11.4 Å². The van der Waals surface area contributed by atoms with Crippen LogP contribution in [0.2, 0.25) is 0 Å². The molecule has 2 rings (SSSR count). The zero-order valence-electron chi connectivity index (χ0n) is 7.69. The fourth-order valence-electron chi connectivity index (χ4n) is 2.85. The molecule has 1 heterocycles. The van der Waals surface area contributed by atoms with Gasteiger partial charge in [0.1, 0.15) is 0 Å². The van der Waals surface area contributed by atoms with E-state index in [1.165, 1.54) is 25.7 Å². The van der Waals surface area contributed by atoms with E-state index in [1.807, 2.05) is 5.57 Å². The van der Waals surface area contributed by atoms with Crippen LogP contribution in [0.25, 0.3) is 0 Å². The van der Waals surface area contributed by atoms with E-state index in [9.17, 15) is 0 Å². The summed E-state index contributed by atoms with van der Waals surface area (Å²) in [7, 11) is -0.848. The maximum atomic E-state index is 2.67. The van der Waals surface area contributed by atoms with Gasteiger partial charge in [-0.3, -0.25) is 0 Å². The summed E-state index contributed by atoms with van der Waals surface area (Å²) in [5, 5.41) is 0. The minimum atomic E-state index is -0.848. The van der Waals surface area contributed by atoms with Gasteiger partial charge < -0.3 is 0 Å². The summed E-state index contributed by atoms with van der Waals surface area (Å²) >= 11 is 0. The van der Waals surface area contributed by atoms with Gasteiger partial charge in [0.2, 0.25) is 0 Å². The maximum absolute atomic E-state index is 2.67. The fourth-order valence-corrected chi connectivity index (χ4v) is 6.18. The van der Waals surface area contributed by atoms with Gasteiger partial charge in [-0.25, -0.2) is 0 Å². The SMILES string of the molecule is C[PH]1(C)C=C2CCCC(C2)C1. The van der Waals surface area contributed by atoms with Crippen LogP contribution in [-0.4, -0.2) is 19.5 Å². The Kier molecular flexibility index (Phi) is 1.84. The molecule has 1 aliphatic carbocycles. The summed E-state index contributed by atoms with van der Waals surface area (Å²) in [5.74, 6) is 3.76. The third kappa shape index (κ3) is 1.67. The first-order chi connectivity index (χ1) is 5.16. The second-order valence-corrected chi connectivity index (χ2v) is 9.63. The van der Waals surface area contributed by atoms with Crippen LogP contribution < -0.4 is 0 Å². The van der Waals surface area contributed by atoms with E-state index >= 15 is 0 Å². The van der Waals surface area contributed by atoms with Crippen molar-refractivity contribution in [3.63, 3.8) is 0 Å². The molecule has 0 N–H and O–H groups in total. The Hall–Kier alpha value is 0.170. The first-order valence-electron chi connectivity index (χ1n) is 4.86. The van der Waals surface area contributed by atoms with E-state index in [-0.39, 0.29) is 0 Å². The first kappa shape index (κ1) is 7.80. The molecule has 0 spiro atoms. The van der Waals surface area contributed by atoms with Crippen LogP contribution in [0.3, 0.4) is 0 Å². The van der Waals surface area contributed by atoms with Gasteiger partial charge in [-0.1, -0.05) is 0 Å². The Labute approximate surface area is 70.4 Å². The molecule has 1 atom stereocenters. The van der Waals surface area contributed by atoms with Gasteiger partial charge in [-0.05, 0) is 0 Å². The fraction of sp³-hybridized carbons (Fsp3) is 0.800. The van der Waals surface area contributed by atoms with Gasteiger partial charge in [0, 0.05) is 0 Å². The van der Waals surface area contributed by atoms with Crippen molar-refractivity contribution >= 4 is 7.26 Å². The third-order valence-electron chi connectivity index (χ3n) is 3.07. The molecule has 2 bridgehead atoms. The summed E-state index contributed by atoms with van der Waals surface area (Å²) in [6, 6.07) is 0. The molecule has 2 aliphatic rings. The Morgan fingerprint density at radius 1 is 1.45 bits per heavy atom. The zero-order valence-corrected chi connectivity index (χ0v) is 8.69. The molecule has 11 heavy (non-hydrogen) atoms. The van der Waals surface area contributed by atoms with E-state index in [0.717, 1.165) is 5.92 Å². The average molecular weight is 170 g/mol. The molecule has 0 radical (unpaired) electrons. The van der Waals surface area contributed by atoms with Crippen molar-refractivity contribution < 1.29 is 0 Å². The Morgan fingerprint density at radius 2 is 2.27 bits per heavy atom. The first-order valence-corrected chi connectivity index (χ1v) is 8.15. The molecule has 1 aliphatic heterocycles. The predicted molar refractivity (Wildman–Crippen MR) is 55.1 cm³/mol. The molecule has 0 aromatic rings. The number of hydrogen-bond acceptors (Lipinski definition) is 0. The van der Waals surface area contributed by atoms with E-state index in [2.05, 4.69) is 19.1 Å². The van der Waals surface area contributed by atoms with Crippen LogP contribution in [0.1, 0.15) is 25.7 Å². The van der Waals surface area contributed by atoms with Gasteiger partial charge in [0.05, 0.1) is 0 Å². The van der Waals surface area contributed by atoms with Crippen LogP contribution in [0, 0.1) is 5.92 Å². The van der Waals surface area contributed by atoms with Crippen LogP contribution in [0.5, 0.6) is 0 Å². The molecule has 1 unspecified atom stereocenters. The zero-order chi connectivity index (χ0) is 7.90. The summed E-state index contributed by atoms with van der Waals surface area (Å²) in [5.41, 5.74) is 1.81. The number of rotatable bonds is 0. The van der Waals surface area contributed by atoms with Crippen LogP contribution in [-0.2, 0) is 0 Å². The Balaban J connectivity index is 2.23. The molecule has 0 saturated heterocycles. The van der Waals surface area contributed by atoms with Crippen molar-refractivity contribution in [1.82, 2.24) is 0 Å². The molecule has 1 heteroatoms. The summed E-state index contributed by atoms with van der Waals surface area (Å²) in [4.78, 5) is 0. The number of allylic oxidation sites excluding steroid dienone is 1. The Morgan fingerprint density at radius 3 is 3.00 bits per heavy atom. The second kappa shape index (κ2) is 2.59. The van der Waals surface area contributed by atoms with Gasteiger partial charge in [0.25, 0.3) is 0 Å². The van der Waals surface area contributed by atoms with Crippen LogP contribution >= 0.6 is 7.26 Å². The summed E-state index contributed by atoms with van der Waals surface area (Å²) < 4.78 is 0. The summed E-state index contributed by atoms with van der Waals surface area (Å²) in [6.45, 7) is 5.04. The van der Waals surface area contributed by atoms with Gasteiger partial charge >= 0.3 is 69.7 Å². The van der Waals surface area contributed by atoms with Gasteiger partial charge in [0.15, 0.2) is 0 Å². The molecule has 64 valence electrons. The Bertz CT molecular complexity index is 191. The molecule has 1 saturated carbocycles. The molecule has 1 fully saturated rings. The third-order valence-corrected chi connectivity index (χ3v) is 5.89. The monoisotopic (exact) mass is 170 g/mol. The van der Waals surface area contributed by atoms with Crippen molar-refractivity contribution in [2.45, 2.75) is 25.7 Å². The van der Waals surface area contributed by atoms with Crippen molar-refractivity contribution in [2.75, 3.05) is 19.5 Å². The summed E-state index contributed by atoms with van der Waals surface area (Å²) in [6.07, 6.45) is 7.44. The molecular weight excluding hydrogens is 151 g/mol. The van der Waals surface area contributed by atoms with E-state index in [4.69, 9.17) is 0 Å². The van der Waals surface area contributed by atoms with E-state index in [0.29, 0.717) is 0 Å². The number of fused-ring (bicyclic) bond motifs is 2. The standard InChI is InChI=1S/C10H19P/c1-11(2)7-9-4-3-5-10(6-9)8-11/h7,10-11H,3-6,8H2,1-2H3. The van der Waals surface area contributed by atoms with Crippen molar-refractivity contribution in [2.24, 2.45) is 5.92 Å². The normalized spacial score (nSPS) is 37.6. The van der Waals surface area contributed by atoms with Gasteiger partial charge in [-0.15, -0.1) is 0 Å². The van der Waals surface area contributed by atoms with Crippen molar-refractivity contribution in [3.8, 4) is 0 Å². The van der Waals surface area contributed by atoms with Crippen LogP contribution in [0.4, 0.5) is 0 Å². The molecule has 0 aromatic heterocycles. The predicted octanol–water partition coefficient (Wildman–Crippen LogP) is 3.08. The molecule has 0 nitrogen and oxygen atoms in total. The molecule has 0 amide bonds. The van der Waals surface area contributed by atoms with Crippen molar-refractivity contribution in [3.05, 3.63) is 11.4 Å². The van der Waals surface area contributed by atoms with E-state index in [1.54, 1.807) is 6.16 Å². The average Bonchev–Trinajstić information content (AvgIpc) is 1.82. The molecule has 0 aromatic carbocycles. The van der Waals surface area contributed by atoms with E-state index < -0.39 is 7.26 Å². The van der Waals surface area contributed by atoms with Crippen molar-refractivity contribution in [1.29, 1.82) is 0 Å². The minimum absolute atomic E-state index is 0.848. The molecular formula is C10H19P. The van der Waals surface area contributed by atoms with Gasteiger partial charge in [-0.2, -0.15) is 0 Å². The topological polar surface area (TPSA) is 0 Å². The number of hydrogen-bond donors (Lipinski definition) is 0.